The summed E-state index contributed by atoms with van der Waals surface area (Å²) in [6.45, 7) is 0.680. The van der Waals surface area contributed by atoms with Crippen LogP contribution in [0.3, 0.4) is 0 Å². The molecule has 0 atom stereocenters. The largest absolute Gasteiger partial charge is 0.493 e. The third kappa shape index (κ3) is 6.23. The Bertz CT molecular complexity index is 1400. The molecule has 0 aliphatic heterocycles. The molecule has 36 heavy (non-hydrogen) atoms. The Kier molecular flexibility index (Phi) is 8.38. The van der Waals surface area contributed by atoms with E-state index in [9.17, 15) is 22.4 Å². The highest BCUT2D eigenvalue weighted by Crippen LogP contribution is 2.33. The van der Waals surface area contributed by atoms with Gasteiger partial charge in [-0.2, -0.15) is 0 Å². The van der Waals surface area contributed by atoms with Crippen LogP contribution in [0.5, 0.6) is 11.5 Å². The Morgan fingerprint density at radius 3 is 2.22 bits per heavy atom. The van der Waals surface area contributed by atoms with E-state index >= 15 is 0 Å². The number of amides is 2. The Labute approximate surface area is 212 Å². The number of halogens is 2. The van der Waals surface area contributed by atoms with E-state index in [1.54, 1.807) is 18.2 Å². The number of ether oxygens (including phenoxy) is 2. The number of benzene rings is 3. The van der Waals surface area contributed by atoms with Gasteiger partial charge in [-0.25, -0.2) is 12.8 Å². The van der Waals surface area contributed by atoms with Crippen molar-refractivity contribution in [1.82, 2.24) is 0 Å². The molecule has 0 spiro atoms. The van der Waals surface area contributed by atoms with Crippen LogP contribution in [0.4, 0.5) is 21.5 Å². The van der Waals surface area contributed by atoms with Crippen LogP contribution in [-0.4, -0.2) is 41.0 Å². The second kappa shape index (κ2) is 11.3. The fourth-order valence-corrected chi connectivity index (χ4v) is 4.87. The second-order valence-corrected chi connectivity index (χ2v) is 9.71. The number of nitrogens with one attached hydrogen (secondary N) is 2. The molecule has 0 fully saturated rings. The van der Waals surface area contributed by atoms with Gasteiger partial charge in [0.25, 0.3) is 10.0 Å². The van der Waals surface area contributed by atoms with Crippen molar-refractivity contribution in [2.24, 2.45) is 0 Å². The van der Waals surface area contributed by atoms with Crippen molar-refractivity contribution in [1.29, 1.82) is 0 Å². The number of sulfonamides is 1. The van der Waals surface area contributed by atoms with Crippen molar-refractivity contribution < 1.29 is 31.9 Å². The Hall–Kier alpha value is -3.83. The van der Waals surface area contributed by atoms with Gasteiger partial charge in [-0.15, -0.1) is 0 Å². The van der Waals surface area contributed by atoms with Crippen LogP contribution in [0.15, 0.2) is 65.6 Å². The van der Waals surface area contributed by atoms with Crippen molar-refractivity contribution in [3.05, 3.63) is 71.5 Å². The molecule has 0 saturated carbocycles. The SMILES string of the molecule is COc1ccc(S(=O)(=O)N(CC(=O)Nc2cccc(NC(C)=O)c2)c2ccc(F)c(Cl)c2)cc1OC. The molecule has 3 rings (SSSR count). The monoisotopic (exact) mass is 535 g/mol. The van der Waals surface area contributed by atoms with Crippen LogP contribution in [0, 0.1) is 5.82 Å². The van der Waals surface area contributed by atoms with Crippen LogP contribution >= 0.6 is 11.6 Å². The van der Waals surface area contributed by atoms with Crippen molar-refractivity contribution in [2.45, 2.75) is 11.8 Å². The van der Waals surface area contributed by atoms with Gasteiger partial charge in [0.1, 0.15) is 12.4 Å². The van der Waals surface area contributed by atoms with Gasteiger partial charge in [-0.3, -0.25) is 13.9 Å². The third-order valence-corrected chi connectivity index (χ3v) is 6.95. The maximum absolute atomic E-state index is 13.8. The quantitative estimate of drug-likeness (QED) is 0.422. The lowest BCUT2D eigenvalue weighted by molar-refractivity contribution is -0.115. The molecule has 0 radical (unpaired) electrons. The number of anilines is 3. The lowest BCUT2D eigenvalue weighted by Crippen LogP contribution is -2.38. The minimum Gasteiger partial charge on any atom is -0.493 e. The van der Waals surface area contributed by atoms with E-state index in [1.807, 2.05) is 0 Å². The standard InChI is InChI=1S/C24H23ClFN3O6S/c1-15(30)27-16-5-4-6-17(11-16)28-24(31)14-29(18-7-9-21(26)20(25)12-18)36(32,33)19-8-10-22(34-2)23(13-19)35-3/h4-13H,14H2,1-3H3,(H,27,30)(H,28,31). The second-order valence-electron chi connectivity index (χ2n) is 7.44. The smallest absolute Gasteiger partial charge is 0.264 e. The van der Waals surface area contributed by atoms with Crippen LogP contribution in [0.1, 0.15) is 6.92 Å². The normalized spacial score (nSPS) is 10.9. The van der Waals surface area contributed by atoms with Crippen LogP contribution in [0.2, 0.25) is 5.02 Å². The number of nitrogens with zero attached hydrogens (tertiary/aromatic N) is 1. The van der Waals surface area contributed by atoms with Gasteiger partial charge in [-0.05, 0) is 48.5 Å². The molecule has 12 heteroatoms. The summed E-state index contributed by atoms with van der Waals surface area (Å²) < 4.78 is 52.2. The minimum atomic E-state index is -4.35. The molecular weight excluding hydrogens is 513 g/mol. The Morgan fingerprint density at radius 2 is 1.61 bits per heavy atom. The highest BCUT2D eigenvalue weighted by atomic mass is 35.5. The third-order valence-electron chi connectivity index (χ3n) is 4.89. The van der Waals surface area contributed by atoms with E-state index in [0.29, 0.717) is 17.1 Å². The summed E-state index contributed by atoms with van der Waals surface area (Å²) in [5.74, 6) is -1.26. The van der Waals surface area contributed by atoms with E-state index in [4.69, 9.17) is 21.1 Å². The predicted molar refractivity (Wildman–Crippen MR) is 135 cm³/mol. The van der Waals surface area contributed by atoms with Crippen LogP contribution < -0.4 is 24.4 Å². The van der Waals surface area contributed by atoms with Gasteiger partial charge in [0.15, 0.2) is 11.5 Å². The molecule has 0 aliphatic carbocycles. The fraction of sp³-hybridized carbons (Fsp3) is 0.167. The lowest BCUT2D eigenvalue weighted by Gasteiger charge is -2.25. The van der Waals surface area contributed by atoms with Gasteiger partial charge in [0.2, 0.25) is 11.8 Å². The minimum absolute atomic E-state index is 0.0293. The molecule has 9 nitrogen and oxygen atoms in total. The Balaban J connectivity index is 1.98. The highest BCUT2D eigenvalue weighted by molar-refractivity contribution is 7.92. The molecule has 3 aromatic rings. The lowest BCUT2D eigenvalue weighted by atomic mass is 10.2. The summed E-state index contributed by atoms with van der Waals surface area (Å²) in [5.41, 5.74) is 0.741. The van der Waals surface area contributed by atoms with Crippen molar-refractivity contribution in [3.63, 3.8) is 0 Å². The summed E-state index contributed by atoms with van der Waals surface area (Å²) >= 11 is 5.90. The van der Waals surface area contributed by atoms with Gasteiger partial charge in [0, 0.05) is 24.4 Å². The zero-order valence-electron chi connectivity index (χ0n) is 19.5. The van der Waals surface area contributed by atoms with Gasteiger partial charge >= 0.3 is 0 Å². The van der Waals surface area contributed by atoms with Gasteiger partial charge in [0.05, 0.1) is 29.8 Å². The number of rotatable bonds is 9. The van der Waals surface area contributed by atoms with E-state index in [2.05, 4.69) is 10.6 Å². The van der Waals surface area contributed by atoms with E-state index in [1.165, 1.54) is 51.5 Å². The first-order valence-corrected chi connectivity index (χ1v) is 12.2. The summed E-state index contributed by atoms with van der Waals surface area (Å²) in [7, 11) is -1.59. The molecular formula is C24H23ClFN3O6S. The first-order chi connectivity index (χ1) is 17.0. The fourth-order valence-electron chi connectivity index (χ4n) is 3.27. The summed E-state index contributed by atoms with van der Waals surface area (Å²) in [4.78, 5) is 24.0. The summed E-state index contributed by atoms with van der Waals surface area (Å²) in [5, 5.41) is 4.88. The van der Waals surface area contributed by atoms with Crippen molar-refractivity contribution in [3.8, 4) is 11.5 Å². The van der Waals surface area contributed by atoms with Crippen LogP contribution in [-0.2, 0) is 19.6 Å². The molecule has 0 unspecified atom stereocenters. The molecule has 190 valence electrons. The molecule has 0 aromatic heterocycles. The summed E-state index contributed by atoms with van der Waals surface area (Å²) in [6, 6.07) is 13.6. The average molecular weight is 536 g/mol. The molecule has 2 N–H and O–H groups in total. The van der Waals surface area contributed by atoms with Crippen molar-refractivity contribution in [2.75, 3.05) is 35.7 Å². The highest BCUT2D eigenvalue weighted by Gasteiger charge is 2.29. The maximum Gasteiger partial charge on any atom is 0.264 e. The van der Waals surface area contributed by atoms with E-state index < -0.39 is 28.3 Å². The predicted octanol–water partition coefficient (Wildman–Crippen LogP) is 4.29. The number of hydrogen-bond donors (Lipinski definition) is 2. The molecule has 0 aliphatic rings. The number of hydrogen-bond acceptors (Lipinski definition) is 6. The Morgan fingerprint density at radius 1 is 0.944 bits per heavy atom. The molecule has 0 saturated heterocycles. The first-order valence-electron chi connectivity index (χ1n) is 10.4. The average Bonchev–Trinajstić information content (AvgIpc) is 2.83. The molecule has 0 heterocycles. The topological polar surface area (TPSA) is 114 Å². The summed E-state index contributed by atoms with van der Waals surface area (Å²) in [6.07, 6.45) is 0. The van der Waals surface area contributed by atoms with Crippen molar-refractivity contribution >= 4 is 50.5 Å². The number of carbonyl (C=O) groups is 2. The van der Waals surface area contributed by atoms with Gasteiger partial charge < -0.3 is 20.1 Å². The molecule has 2 amide bonds. The molecule has 0 bridgehead atoms. The van der Waals surface area contributed by atoms with E-state index in [-0.39, 0.29) is 27.3 Å². The first kappa shape index (κ1) is 26.8. The number of carbonyl (C=O) groups excluding carboxylic acids is 2. The number of methoxy groups -OCH3 is 2. The maximum atomic E-state index is 13.8. The van der Waals surface area contributed by atoms with Gasteiger partial charge in [-0.1, -0.05) is 17.7 Å². The van der Waals surface area contributed by atoms with E-state index in [0.717, 1.165) is 16.4 Å². The molecule has 3 aromatic carbocycles. The van der Waals surface area contributed by atoms with Crippen LogP contribution in [0.25, 0.3) is 0 Å². The zero-order valence-corrected chi connectivity index (χ0v) is 21.1. The zero-order chi connectivity index (χ0) is 26.5.